The van der Waals surface area contributed by atoms with Crippen molar-refractivity contribution in [1.82, 2.24) is 4.57 Å². The quantitative estimate of drug-likeness (QED) is 0.592. The van der Waals surface area contributed by atoms with Crippen LogP contribution in [0.4, 0.5) is 0 Å². The Morgan fingerprint density at radius 3 is 2.65 bits per heavy atom. The van der Waals surface area contributed by atoms with Gasteiger partial charge in [0.1, 0.15) is 6.54 Å². The van der Waals surface area contributed by atoms with Crippen LogP contribution in [-0.4, -0.2) is 23.1 Å². The number of aryl methyl sites for hydroxylation is 1. The van der Waals surface area contributed by atoms with Crippen LogP contribution in [0.1, 0.15) is 29.1 Å². The minimum absolute atomic E-state index is 0.0105. The van der Waals surface area contributed by atoms with Gasteiger partial charge in [-0.1, -0.05) is 35.9 Å². The SMILES string of the molecule is CCOC(=O)Cn1c(=NC(=O)c2ccc(Cl)s2)sc2cc(CC)ccc21. The van der Waals surface area contributed by atoms with E-state index in [2.05, 4.69) is 18.0 Å². The number of rotatable bonds is 5. The Morgan fingerprint density at radius 1 is 1.19 bits per heavy atom. The van der Waals surface area contributed by atoms with Crippen molar-refractivity contribution in [2.24, 2.45) is 4.99 Å². The van der Waals surface area contributed by atoms with Gasteiger partial charge in [0, 0.05) is 0 Å². The first kappa shape index (κ1) is 18.8. The van der Waals surface area contributed by atoms with Crippen molar-refractivity contribution in [3.63, 3.8) is 0 Å². The predicted octanol–water partition coefficient (Wildman–Crippen LogP) is 4.28. The summed E-state index contributed by atoms with van der Waals surface area (Å²) in [6, 6.07) is 9.35. The van der Waals surface area contributed by atoms with Crippen molar-refractivity contribution in [1.29, 1.82) is 0 Å². The highest BCUT2D eigenvalue weighted by Crippen LogP contribution is 2.23. The first-order chi connectivity index (χ1) is 12.5. The molecule has 1 aromatic carbocycles. The highest BCUT2D eigenvalue weighted by molar-refractivity contribution is 7.18. The number of aromatic nitrogens is 1. The third-order valence-electron chi connectivity index (χ3n) is 3.73. The number of thiazole rings is 1. The number of hydrogen-bond acceptors (Lipinski definition) is 5. The van der Waals surface area contributed by atoms with Crippen molar-refractivity contribution >= 4 is 56.4 Å². The van der Waals surface area contributed by atoms with Gasteiger partial charge in [-0.3, -0.25) is 9.59 Å². The molecule has 0 aliphatic rings. The average Bonchev–Trinajstić information content (AvgIpc) is 3.19. The van der Waals surface area contributed by atoms with Crippen LogP contribution in [0.2, 0.25) is 4.34 Å². The fourth-order valence-electron chi connectivity index (χ4n) is 2.48. The van der Waals surface area contributed by atoms with E-state index in [9.17, 15) is 9.59 Å². The van der Waals surface area contributed by atoms with Gasteiger partial charge in [-0.15, -0.1) is 11.3 Å². The van der Waals surface area contributed by atoms with E-state index in [0.717, 1.165) is 16.6 Å². The Labute approximate surface area is 163 Å². The molecule has 2 heterocycles. The van der Waals surface area contributed by atoms with E-state index in [4.69, 9.17) is 16.3 Å². The summed E-state index contributed by atoms with van der Waals surface area (Å²) in [5.74, 6) is -0.735. The van der Waals surface area contributed by atoms with Gasteiger partial charge < -0.3 is 9.30 Å². The molecule has 0 saturated carbocycles. The molecule has 5 nitrogen and oxygen atoms in total. The smallest absolute Gasteiger partial charge is 0.326 e. The molecule has 26 heavy (non-hydrogen) atoms. The van der Waals surface area contributed by atoms with E-state index in [1.54, 1.807) is 23.6 Å². The second-order valence-corrected chi connectivity index (χ2v) is 8.18. The fraction of sp³-hybridized carbons (Fsp3) is 0.278. The Hall–Kier alpha value is -1.96. The van der Waals surface area contributed by atoms with Crippen LogP contribution in [0.15, 0.2) is 35.3 Å². The topological polar surface area (TPSA) is 60.7 Å². The van der Waals surface area contributed by atoms with Gasteiger partial charge in [0.15, 0.2) is 4.80 Å². The Bertz CT molecular complexity index is 1030. The summed E-state index contributed by atoms with van der Waals surface area (Å²) in [5.41, 5.74) is 2.04. The first-order valence-electron chi connectivity index (χ1n) is 8.14. The summed E-state index contributed by atoms with van der Waals surface area (Å²) >= 11 is 8.47. The van der Waals surface area contributed by atoms with Crippen LogP contribution in [0.3, 0.4) is 0 Å². The van der Waals surface area contributed by atoms with E-state index in [1.807, 2.05) is 12.1 Å². The molecule has 3 rings (SSSR count). The Morgan fingerprint density at radius 2 is 2.00 bits per heavy atom. The number of esters is 1. The lowest BCUT2D eigenvalue weighted by Crippen LogP contribution is -2.23. The number of hydrogen-bond donors (Lipinski definition) is 0. The van der Waals surface area contributed by atoms with Crippen LogP contribution in [0.25, 0.3) is 10.2 Å². The predicted molar refractivity (Wildman–Crippen MR) is 105 cm³/mol. The van der Waals surface area contributed by atoms with Crippen molar-refractivity contribution in [2.45, 2.75) is 26.8 Å². The number of fused-ring (bicyclic) bond motifs is 1. The number of amides is 1. The third-order valence-corrected chi connectivity index (χ3v) is 5.99. The molecule has 2 aromatic heterocycles. The van der Waals surface area contributed by atoms with E-state index in [1.165, 1.54) is 28.2 Å². The maximum atomic E-state index is 12.5. The molecule has 0 aliphatic carbocycles. The van der Waals surface area contributed by atoms with E-state index >= 15 is 0 Å². The minimum Gasteiger partial charge on any atom is -0.465 e. The molecule has 0 radical (unpaired) electrons. The zero-order chi connectivity index (χ0) is 18.7. The minimum atomic E-state index is -0.373. The molecule has 1 amide bonds. The summed E-state index contributed by atoms with van der Waals surface area (Å²) in [5, 5.41) is 0. The molecule has 0 unspecified atom stereocenters. The summed E-state index contributed by atoms with van der Waals surface area (Å²) in [7, 11) is 0. The van der Waals surface area contributed by atoms with Gasteiger partial charge in [-0.05, 0) is 43.2 Å². The monoisotopic (exact) mass is 408 g/mol. The molecule has 0 saturated heterocycles. The molecule has 136 valence electrons. The number of thiophene rings is 1. The maximum absolute atomic E-state index is 12.5. The van der Waals surface area contributed by atoms with Crippen molar-refractivity contribution in [3.8, 4) is 0 Å². The van der Waals surface area contributed by atoms with E-state index < -0.39 is 0 Å². The number of carbonyl (C=O) groups is 2. The average molecular weight is 409 g/mol. The number of nitrogens with zero attached hydrogens (tertiary/aromatic N) is 2. The van der Waals surface area contributed by atoms with Crippen LogP contribution in [0.5, 0.6) is 0 Å². The molecule has 0 atom stereocenters. The summed E-state index contributed by atoms with van der Waals surface area (Å²) < 4.78 is 8.30. The molecular weight excluding hydrogens is 392 g/mol. The van der Waals surface area contributed by atoms with Gasteiger partial charge in [-0.2, -0.15) is 4.99 Å². The molecule has 3 aromatic rings. The fourth-order valence-corrected chi connectivity index (χ4v) is 4.50. The first-order valence-corrected chi connectivity index (χ1v) is 10.1. The maximum Gasteiger partial charge on any atom is 0.326 e. The normalized spacial score (nSPS) is 11.9. The van der Waals surface area contributed by atoms with Gasteiger partial charge in [0.05, 0.1) is 26.0 Å². The van der Waals surface area contributed by atoms with Crippen molar-refractivity contribution < 1.29 is 14.3 Å². The molecule has 0 bridgehead atoms. The van der Waals surface area contributed by atoms with Gasteiger partial charge in [0.2, 0.25) is 0 Å². The summed E-state index contributed by atoms with van der Waals surface area (Å²) in [6.45, 7) is 4.16. The zero-order valence-corrected chi connectivity index (χ0v) is 16.7. The number of benzene rings is 1. The number of carbonyl (C=O) groups excluding carboxylic acids is 2. The molecule has 0 aliphatic heterocycles. The van der Waals surface area contributed by atoms with Gasteiger partial charge in [0.25, 0.3) is 5.91 Å². The highest BCUT2D eigenvalue weighted by atomic mass is 35.5. The van der Waals surface area contributed by atoms with Crippen LogP contribution < -0.4 is 4.80 Å². The lowest BCUT2D eigenvalue weighted by Gasteiger charge is -2.05. The molecular formula is C18H17ClN2O3S2. The second kappa shape index (κ2) is 8.16. The van der Waals surface area contributed by atoms with Gasteiger partial charge in [-0.25, -0.2) is 0 Å². The Balaban J connectivity index is 2.10. The number of ether oxygens (including phenoxy) is 1. The standard InChI is InChI=1S/C18H17ClN2O3S2/c1-3-11-5-6-12-14(9-11)26-18(21(12)10-16(22)24-4-2)20-17(23)13-7-8-15(19)25-13/h5-9H,3-4,10H2,1-2H3. The summed E-state index contributed by atoms with van der Waals surface area (Å²) in [4.78, 5) is 29.6. The summed E-state index contributed by atoms with van der Waals surface area (Å²) in [6.07, 6.45) is 0.908. The third kappa shape index (κ3) is 4.06. The van der Waals surface area contributed by atoms with Crippen LogP contribution >= 0.6 is 34.3 Å². The lowest BCUT2D eigenvalue weighted by molar-refractivity contribution is -0.143. The van der Waals surface area contributed by atoms with Crippen LogP contribution in [0, 0.1) is 0 Å². The molecule has 8 heteroatoms. The Kier molecular flexibility index (Phi) is 5.90. The highest BCUT2D eigenvalue weighted by Gasteiger charge is 2.14. The molecule has 0 N–H and O–H groups in total. The zero-order valence-electron chi connectivity index (χ0n) is 14.3. The molecule has 0 fully saturated rings. The number of halogens is 1. The largest absolute Gasteiger partial charge is 0.465 e. The van der Waals surface area contributed by atoms with Crippen molar-refractivity contribution in [3.05, 3.63) is 49.9 Å². The lowest BCUT2D eigenvalue weighted by atomic mass is 10.2. The van der Waals surface area contributed by atoms with Crippen LogP contribution in [-0.2, 0) is 22.5 Å². The van der Waals surface area contributed by atoms with Gasteiger partial charge >= 0.3 is 5.97 Å². The van der Waals surface area contributed by atoms with E-state index in [-0.39, 0.29) is 18.4 Å². The van der Waals surface area contributed by atoms with E-state index in [0.29, 0.717) is 20.6 Å². The second-order valence-electron chi connectivity index (χ2n) is 5.45. The van der Waals surface area contributed by atoms with Crippen molar-refractivity contribution in [2.75, 3.05) is 6.61 Å². The molecule has 0 spiro atoms.